The highest BCUT2D eigenvalue weighted by Gasteiger charge is 2.44. The summed E-state index contributed by atoms with van der Waals surface area (Å²) in [6.07, 6.45) is 2.10. The van der Waals surface area contributed by atoms with Gasteiger partial charge in [-0.05, 0) is 63.7 Å². The number of aryl methyl sites for hydroxylation is 1. The second-order valence-corrected chi connectivity index (χ2v) is 12.1. The summed E-state index contributed by atoms with van der Waals surface area (Å²) in [5.41, 5.74) is 2.29. The number of amides is 2. The Labute approximate surface area is 217 Å². The number of carbonyl (C=O) groups excluding carboxylic acids is 2. The van der Waals surface area contributed by atoms with Crippen molar-refractivity contribution in [1.29, 1.82) is 0 Å². The van der Waals surface area contributed by atoms with E-state index in [0.29, 0.717) is 12.2 Å². The van der Waals surface area contributed by atoms with E-state index in [1.807, 2.05) is 32.2 Å². The third kappa shape index (κ3) is 5.27. The number of hydrogen-bond acceptors (Lipinski definition) is 5. The van der Waals surface area contributed by atoms with E-state index < -0.39 is 22.0 Å². The zero-order chi connectivity index (χ0) is 26.2. The van der Waals surface area contributed by atoms with E-state index in [-0.39, 0.29) is 35.8 Å². The largest absolute Gasteiger partial charge is 0.354 e. The second kappa shape index (κ2) is 10.3. The van der Waals surface area contributed by atoms with Crippen molar-refractivity contribution in [1.82, 2.24) is 24.8 Å². The molecule has 10 heteroatoms. The van der Waals surface area contributed by atoms with Crippen LogP contribution < -0.4 is 10.6 Å². The van der Waals surface area contributed by atoms with Gasteiger partial charge in [0.2, 0.25) is 15.9 Å². The van der Waals surface area contributed by atoms with Gasteiger partial charge in [0.1, 0.15) is 5.69 Å². The average Bonchev–Trinajstić information content (AvgIpc) is 3.61. The molecule has 5 rings (SSSR count). The monoisotopic (exact) mass is 523 g/mol. The highest BCUT2D eigenvalue weighted by Crippen LogP contribution is 2.26. The first-order valence-electron chi connectivity index (χ1n) is 12.7. The molecular formula is C27H33N5O4S. The minimum absolute atomic E-state index is 0.000407. The molecule has 3 aromatic rings. The molecular weight excluding hydrogens is 490 g/mol. The third-order valence-corrected chi connectivity index (χ3v) is 9.37. The van der Waals surface area contributed by atoms with E-state index in [4.69, 9.17) is 0 Å². The summed E-state index contributed by atoms with van der Waals surface area (Å²) < 4.78 is 28.0. The Balaban J connectivity index is 1.36. The molecule has 0 spiro atoms. The quantitative estimate of drug-likeness (QED) is 0.439. The maximum atomic E-state index is 13.3. The number of H-pyrrole nitrogens is 1. The lowest BCUT2D eigenvalue weighted by atomic mass is 10.0. The Kier molecular flexibility index (Phi) is 7.06. The number of benzene rings is 2. The van der Waals surface area contributed by atoms with Gasteiger partial charge in [0.25, 0.3) is 5.91 Å². The highest BCUT2D eigenvalue weighted by atomic mass is 32.2. The van der Waals surface area contributed by atoms with Crippen molar-refractivity contribution in [2.24, 2.45) is 5.92 Å². The zero-order valence-electron chi connectivity index (χ0n) is 21.1. The number of sulfonamides is 1. The molecule has 0 unspecified atom stereocenters. The number of hydrogen-bond donors (Lipinski definition) is 3. The number of fused-ring (bicyclic) bond motifs is 1. The van der Waals surface area contributed by atoms with Gasteiger partial charge in [0, 0.05) is 36.6 Å². The number of aromatic nitrogens is 1. The fraction of sp³-hybridized carbons (Fsp3) is 0.407. The summed E-state index contributed by atoms with van der Waals surface area (Å²) >= 11 is 0. The summed E-state index contributed by atoms with van der Waals surface area (Å²) in [6.45, 7) is 3.50. The van der Waals surface area contributed by atoms with Gasteiger partial charge in [-0.1, -0.05) is 29.8 Å². The zero-order valence-corrected chi connectivity index (χ0v) is 21.9. The van der Waals surface area contributed by atoms with Crippen molar-refractivity contribution in [2.45, 2.75) is 36.7 Å². The van der Waals surface area contributed by atoms with Crippen LogP contribution in [0.1, 0.15) is 28.9 Å². The molecule has 196 valence electrons. The molecule has 2 fully saturated rings. The summed E-state index contributed by atoms with van der Waals surface area (Å²) in [5, 5.41) is 6.88. The molecule has 2 aliphatic heterocycles. The molecule has 0 aliphatic carbocycles. The van der Waals surface area contributed by atoms with E-state index in [2.05, 4.69) is 20.5 Å². The number of likely N-dealkylation sites (N-methyl/N-ethyl adjacent to an activating group) is 1. The van der Waals surface area contributed by atoms with Gasteiger partial charge < -0.3 is 20.5 Å². The molecule has 0 saturated carbocycles. The van der Waals surface area contributed by atoms with Crippen LogP contribution in [0, 0.1) is 12.8 Å². The standard InChI is InChI=1S/C27H33N5O4S/c1-18-10-11-23-19(13-18)14-24(29-23)27(34)30-25-17-32(37(35,36)21-8-4-3-5-9-21)16-22(25)26(33)28-15-20-7-6-12-31(20)2/h3-5,8-11,13-14,20,22,25,29H,6-7,12,15-17H2,1-2H3,(H,28,33)(H,30,34)/t20-,22+,25+/m1/s1. The SMILES string of the molecule is Cc1ccc2[nH]c(C(=O)N[C@H]3CN(S(=O)(=O)c4ccccc4)C[C@@H]3C(=O)NC[C@H]3CCCN3C)cc2c1. The van der Waals surface area contributed by atoms with E-state index in [0.717, 1.165) is 35.9 Å². The Morgan fingerprint density at radius 2 is 1.86 bits per heavy atom. The Morgan fingerprint density at radius 3 is 2.59 bits per heavy atom. The van der Waals surface area contributed by atoms with Gasteiger partial charge in [-0.25, -0.2) is 8.42 Å². The molecule has 3 atom stereocenters. The van der Waals surface area contributed by atoms with Crippen LogP contribution in [0.15, 0.2) is 59.5 Å². The fourth-order valence-corrected chi connectivity index (χ4v) is 6.84. The van der Waals surface area contributed by atoms with Crippen molar-refractivity contribution in [3.63, 3.8) is 0 Å². The molecule has 2 aliphatic rings. The summed E-state index contributed by atoms with van der Waals surface area (Å²) in [6, 6.07) is 15.4. The number of carbonyl (C=O) groups is 2. The number of nitrogens with one attached hydrogen (secondary N) is 3. The Morgan fingerprint density at radius 1 is 1.08 bits per heavy atom. The first-order chi connectivity index (χ1) is 17.7. The maximum absolute atomic E-state index is 13.3. The van der Waals surface area contributed by atoms with Crippen molar-refractivity contribution >= 4 is 32.7 Å². The Hall–Kier alpha value is -3.21. The number of nitrogens with zero attached hydrogens (tertiary/aromatic N) is 2. The highest BCUT2D eigenvalue weighted by molar-refractivity contribution is 7.89. The lowest BCUT2D eigenvalue weighted by Gasteiger charge is -2.23. The maximum Gasteiger partial charge on any atom is 0.268 e. The molecule has 2 amide bonds. The van der Waals surface area contributed by atoms with Crippen molar-refractivity contribution in [2.75, 3.05) is 33.2 Å². The van der Waals surface area contributed by atoms with Crippen LogP contribution in [0.3, 0.4) is 0 Å². The minimum Gasteiger partial charge on any atom is -0.354 e. The molecule has 3 N–H and O–H groups in total. The lowest BCUT2D eigenvalue weighted by molar-refractivity contribution is -0.125. The predicted octanol–water partition coefficient (Wildman–Crippen LogP) is 2.11. The van der Waals surface area contributed by atoms with Crippen LogP contribution in [0.5, 0.6) is 0 Å². The van der Waals surface area contributed by atoms with Gasteiger partial charge >= 0.3 is 0 Å². The first-order valence-corrected chi connectivity index (χ1v) is 14.1. The molecule has 37 heavy (non-hydrogen) atoms. The van der Waals surface area contributed by atoms with Crippen LogP contribution in [0.2, 0.25) is 0 Å². The average molecular weight is 524 g/mol. The van der Waals surface area contributed by atoms with Crippen LogP contribution in [-0.2, 0) is 14.8 Å². The summed E-state index contributed by atoms with van der Waals surface area (Å²) in [5.74, 6) is -1.32. The summed E-state index contributed by atoms with van der Waals surface area (Å²) in [7, 11) is -1.78. The Bertz CT molecular complexity index is 1400. The van der Waals surface area contributed by atoms with Crippen LogP contribution in [-0.4, -0.2) is 79.7 Å². The van der Waals surface area contributed by atoms with Crippen LogP contribution in [0.4, 0.5) is 0 Å². The molecule has 1 aromatic heterocycles. The van der Waals surface area contributed by atoms with Gasteiger partial charge in [-0.15, -0.1) is 0 Å². The van der Waals surface area contributed by atoms with Gasteiger partial charge in [-0.2, -0.15) is 4.31 Å². The summed E-state index contributed by atoms with van der Waals surface area (Å²) in [4.78, 5) is 32.0. The molecule has 0 bridgehead atoms. The predicted molar refractivity (Wildman–Crippen MR) is 142 cm³/mol. The van der Waals surface area contributed by atoms with E-state index in [1.165, 1.54) is 4.31 Å². The van der Waals surface area contributed by atoms with Gasteiger partial charge in [0.15, 0.2) is 0 Å². The lowest BCUT2D eigenvalue weighted by Crippen LogP contribution is -2.48. The molecule has 2 saturated heterocycles. The first kappa shape index (κ1) is 25.4. The van der Waals surface area contributed by atoms with E-state index >= 15 is 0 Å². The molecule has 0 radical (unpaired) electrons. The number of aromatic amines is 1. The smallest absolute Gasteiger partial charge is 0.268 e. The minimum atomic E-state index is -3.82. The van der Waals surface area contributed by atoms with Crippen molar-refractivity contribution < 1.29 is 18.0 Å². The molecule has 3 heterocycles. The third-order valence-electron chi connectivity index (χ3n) is 7.52. The van der Waals surface area contributed by atoms with Gasteiger partial charge in [0.05, 0.1) is 16.9 Å². The van der Waals surface area contributed by atoms with Crippen LogP contribution in [0.25, 0.3) is 10.9 Å². The van der Waals surface area contributed by atoms with Gasteiger partial charge in [-0.3, -0.25) is 9.59 Å². The van der Waals surface area contributed by atoms with E-state index in [9.17, 15) is 18.0 Å². The number of rotatable bonds is 7. The topological polar surface area (TPSA) is 115 Å². The fourth-order valence-electron chi connectivity index (χ4n) is 5.32. The van der Waals surface area contributed by atoms with E-state index in [1.54, 1.807) is 36.4 Å². The number of likely N-dealkylation sites (tertiary alicyclic amines) is 1. The molecule has 9 nitrogen and oxygen atoms in total. The molecule has 2 aromatic carbocycles. The second-order valence-electron chi connectivity index (χ2n) is 10.1. The van der Waals surface area contributed by atoms with Crippen molar-refractivity contribution in [3.05, 3.63) is 65.9 Å². The van der Waals surface area contributed by atoms with Crippen LogP contribution >= 0.6 is 0 Å². The van der Waals surface area contributed by atoms with Crippen molar-refractivity contribution in [3.8, 4) is 0 Å². The normalized spacial score (nSPS) is 22.9.